The minimum atomic E-state index is -0.304. The number of amides is 3. The summed E-state index contributed by atoms with van der Waals surface area (Å²) in [5.41, 5.74) is 1.06. The molecule has 1 fully saturated rings. The topological polar surface area (TPSA) is 96.5 Å². The van der Waals surface area contributed by atoms with Crippen molar-refractivity contribution in [2.45, 2.75) is 32.1 Å². The first-order valence-corrected chi connectivity index (χ1v) is 8.26. The third-order valence-electron chi connectivity index (χ3n) is 4.30. The third-order valence-corrected chi connectivity index (χ3v) is 4.30. The highest BCUT2D eigenvalue weighted by Crippen LogP contribution is 2.30. The number of rotatable bonds is 4. The lowest BCUT2D eigenvalue weighted by atomic mass is 9.89. The normalized spacial score (nSPS) is 17.2. The summed E-state index contributed by atoms with van der Waals surface area (Å²) in [4.78, 5) is 35.3. The maximum absolute atomic E-state index is 12.0. The number of nitrogens with one attached hydrogen (secondary N) is 3. The van der Waals surface area contributed by atoms with Crippen molar-refractivity contribution in [2.75, 3.05) is 23.8 Å². The van der Waals surface area contributed by atoms with Gasteiger partial charge in [-0.1, -0.05) is 19.3 Å². The Hall–Kier alpha value is -2.57. The van der Waals surface area contributed by atoms with Gasteiger partial charge in [0.2, 0.25) is 11.8 Å². The number of hydrogen-bond donors (Lipinski definition) is 3. The monoisotopic (exact) mass is 331 g/mol. The number of carbonyl (C=O) groups excluding carboxylic acids is 3. The molecule has 24 heavy (non-hydrogen) atoms. The van der Waals surface area contributed by atoms with Crippen molar-refractivity contribution in [3.05, 3.63) is 18.2 Å². The fraction of sp³-hybridized carbons (Fsp3) is 0.471. The summed E-state index contributed by atoms with van der Waals surface area (Å²) in [5.74, 6) is 0.0182. The summed E-state index contributed by atoms with van der Waals surface area (Å²) >= 11 is 0. The van der Waals surface area contributed by atoms with Crippen molar-refractivity contribution < 1.29 is 19.1 Å². The third kappa shape index (κ3) is 4.04. The highest BCUT2D eigenvalue weighted by molar-refractivity contribution is 5.98. The molecule has 0 unspecified atom stereocenters. The van der Waals surface area contributed by atoms with Gasteiger partial charge in [0.05, 0.1) is 12.2 Å². The van der Waals surface area contributed by atoms with E-state index in [1.807, 2.05) is 0 Å². The molecule has 0 saturated heterocycles. The van der Waals surface area contributed by atoms with Crippen molar-refractivity contribution in [1.29, 1.82) is 0 Å². The number of ether oxygens (including phenoxy) is 1. The van der Waals surface area contributed by atoms with Gasteiger partial charge in [-0.2, -0.15) is 0 Å². The van der Waals surface area contributed by atoms with Gasteiger partial charge < -0.3 is 20.7 Å². The van der Waals surface area contributed by atoms with Crippen LogP contribution in [0.15, 0.2) is 18.2 Å². The molecule has 1 aromatic carbocycles. The Morgan fingerprint density at radius 1 is 1.21 bits per heavy atom. The van der Waals surface area contributed by atoms with Gasteiger partial charge in [-0.05, 0) is 31.0 Å². The predicted molar refractivity (Wildman–Crippen MR) is 88.8 cm³/mol. The Morgan fingerprint density at radius 2 is 2.00 bits per heavy atom. The molecule has 0 radical (unpaired) electrons. The van der Waals surface area contributed by atoms with Gasteiger partial charge in [0.15, 0.2) is 6.61 Å². The van der Waals surface area contributed by atoms with Crippen LogP contribution in [0, 0.1) is 5.92 Å². The summed E-state index contributed by atoms with van der Waals surface area (Å²) in [6.45, 7) is -0.0683. The van der Waals surface area contributed by atoms with Crippen LogP contribution in [0.2, 0.25) is 0 Å². The number of carbonyl (C=O) groups is 3. The molecule has 3 amide bonds. The average Bonchev–Trinajstić information content (AvgIpc) is 2.60. The molecule has 1 heterocycles. The van der Waals surface area contributed by atoms with Gasteiger partial charge in [-0.25, -0.2) is 0 Å². The molecule has 3 rings (SSSR count). The van der Waals surface area contributed by atoms with Crippen molar-refractivity contribution in [2.24, 2.45) is 5.92 Å². The molecule has 2 aliphatic rings. The van der Waals surface area contributed by atoms with E-state index < -0.39 is 0 Å². The Balaban J connectivity index is 1.50. The van der Waals surface area contributed by atoms with Gasteiger partial charge in [0, 0.05) is 11.6 Å². The lowest BCUT2D eigenvalue weighted by molar-refractivity contribution is -0.128. The minimum Gasteiger partial charge on any atom is -0.482 e. The fourth-order valence-electron chi connectivity index (χ4n) is 3.04. The first kappa shape index (κ1) is 16.3. The summed E-state index contributed by atoms with van der Waals surface area (Å²) < 4.78 is 5.26. The summed E-state index contributed by atoms with van der Waals surface area (Å²) in [7, 11) is 0. The van der Waals surface area contributed by atoms with Crippen LogP contribution in [-0.4, -0.2) is 30.9 Å². The second kappa shape index (κ2) is 7.33. The summed E-state index contributed by atoms with van der Waals surface area (Å²) in [6.07, 6.45) is 5.14. The number of fused-ring (bicyclic) bond motifs is 1. The fourth-order valence-corrected chi connectivity index (χ4v) is 3.04. The van der Waals surface area contributed by atoms with Crippen LogP contribution in [-0.2, 0) is 14.4 Å². The molecule has 1 aromatic rings. The SMILES string of the molecule is O=C(CNC(=O)C1CCCCC1)Nc1ccc2c(c1)NC(=O)CO2. The number of anilines is 2. The van der Waals surface area contributed by atoms with E-state index in [4.69, 9.17) is 4.74 Å². The number of benzene rings is 1. The van der Waals surface area contributed by atoms with Crippen LogP contribution in [0.1, 0.15) is 32.1 Å². The Morgan fingerprint density at radius 3 is 2.79 bits per heavy atom. The molecule has 128 valence electrons. The van der Waals surface area contributed by atoms with Gasteiger partial charge in [-0.15, -0.1) is 0 Å². The Bertz CT molecular complexity index is 653. The molecule has 0 bridgehead atoms. The molecular formula is C17H21N3O4. The maximum atomic E-state index is 12.0. The van der Waals surface area contributed by atoms with Crippen LogP contribution in [0.3, 0.4) is 0 Å². The molecule has 1 aliphatic carbocycles. The standard InChI is InChI=1S/C17H21N3O4/c21-15(9-18-17(23)11-4-2-1-3-5-11)19-12-6-7-14-13(8-12)20-16(22)10-24-14/h6-8,11H,1-5,9-10H2,(H,18,23)(H,19,21)(H,20,22). The smallest absolute Gasteiger partial charge is 0.262 e. The van der Waals surface area contributed by atoms with Gasteiger partial charge >= 0.3 is 0 Å². The van der Waals surface area contributed by atoms with Crippen LogP contribution < -0.4 is 20.7 Å². The second-order valence-electron chi connectivity index (χ2n) is 6.15. The lowest BCUT2D eigenvalue weighted by Gasteiger charge is -2.20. The van der Waals surface area contributed by atoms with Crippen LogP contribution >= 0.6 is 0 Å². The minimum absolute atomic E-state index is 0.00803. The van der Waals surface area contributed by atoms with Crippen LogP contribution in [0.4, 0.5) is 11.4 Å². The first-order chi connectivity index (χ1) is 11.6. The van der Waals surface area contributed by atoms with E-state index >= 15 is 0 Å². The van der Waals surface area contributed by atoms with Crippen LogP contribution in [0.25, 0.3) is 0 Å². The van der Waals surface area contributed by atoms with E-state index in [-0.39, 0.29) is 36.8 Å². The van der Waals surface area contributed by atoms with Crippen molar-refractivity contribution >= 4 is 29.1 Å². The molecule has 3 N–H and O–H groups in total. The molecule has 7 heteroatoms. The Kier molecular flexibility index (Phi) is 4.98. The average molecular weight is 331 g/mol. The zero-order chi connectivity index (χ0) is 16.9. The lowest BCUT2D eigenvalue weighted by Crippen LogP contribution is -2.37. The van der Waals surface area contributed by atoms with E-state index in [1.54, 1.807) is 18.2 Å². The molecule has 1 aliphatic heterocycles. The summed E-state index contributed by atoms with van der Waals surface area (Å²) in [6, 6.07) is 5.01. The highest BCUT2D eigenvalue weighted by Gasteiger charge is 2.21. The molecule has 1 saturated carbocycles. The molecular weight excluding hydrogens is 310 g/mol. The second-order valence-corrected chi connectivity index (χ2v) is 6.15. The van der Waals surface area contributed by atoms with E-state index in [1.165, 1.54) is 6.42 Å². The van der Waals surface area contributed by atoms with Crippen molar-refractivity contribution in [3.8, 4) is 5.75 Å². The maximum Gasteiger partial charge on any atom is 0.262 e. The summed E-state index contributed by atoms with van der Waals surface area (Å²) in [5, 5.41) is 8.08. The largest absolute Gasteiger partial charge is 0.482 e. The highest BCUT2D eigenvalue weighted by atomic mass is 16.5. The zero-order valence-electron chi connectivity index (χ0n) is 13.4. The Labute approximate surface area is 140 Å². The zero-order valence-corrected chi connectivity index (χ0v) is 13.4. The van der Waals surface area contributed by atoms with E-state index in [2.05, 4.69) is 16.0 Å². The first-order valence-electron chi connectivity index (χ1n) is 8.26. The van der Waals surface area contributed by atoms with E-state index in [0.717, 1.165) is 25.7 Å². The van der Waals surface area contributed by atoms with Gasteiger partial charge in [0.25, 0.3) is 5.91 Å². The van der Waals surface area contributed by atoms with E-state index in [0.29, 0.717) is 17.1 Å². The quantitative estimate of drug-likeness (QED) is 0.781. The van der Waals surface area contributed by atoms with Crippen LogP contribution in [0.5, 0.6) is 5.75 Å². The van der Waals surface area contributed by atoms with Gasteiger partial charge in [0.1, 0.15) is 5.75 Å². The van der Waals surface area contributed by atoms with Crippen molar-refractivity contribution in [1.82, 2.24) is 5.32 Å². The predicted octanol–water partition coefficient (Wildman–Crippen LogP) is 1.65. The van der Waals surface area contributed by atoms with E-state index in [9.17, 15) is 14.4 Å². The van der Waals surface area contributed by atoms with Gasteiger partial charge in [-0.3, -0.25) is 14.4 Å². The molecule has 0 aromatic heterocycles. The molecule has 7 nitrogen and oxygen atoms in total. The molecule has 0 atom stereocenters. The van der Waals surface area contributed by atoms with Crippen molar-refractivity contribution in [3.63, 3.8) is 0 Å². The number of hydrogen-bond acceptors (Lipinski definition) is 4. The molecule has 0 spiro atoms.